The summed E-state index contributed by atoms with van der Waals surface area (Å²) in [5.74, 6) is 0.403. The average Bonchev–Trinajstić information content (AvgIpc) is 2.87. The fourth-order valence-corrected chi connectivity index (χ4v) is 2.88. The molecule has 1 aromatic rings. The summed E-state index contributed by atoms with van der Waals surface area (Å²) >= 11 is 0. The first-order valence-corrected chi connectivity index (χ1v) is 7.07. The Morgan fingerprint density at radius 2 is 2.25 bits per heavy atom. The summed E-state index contributed by atoms with van der Waals surface area (Å²) in [6.45, 7) is 5.41. The van der Waals surface area contributed by atoms with Gasteiger partial charge >= 0.3 is 0 Å². The van der Waals surface area contributed by atoms with E-state index in [9.17, 15) is 14.9 Å². The lowest BCUT2D eigenvalue weighted by Crippen LogP contribution is -2.20. The fourth-order valence-electron chi connectivity index (χ4n) is 2.88. The highest BCUT2D eigenvalue weighted by molar-refractivity contribution is 5.98. The van der Waals surface area contributed by atoms with E-state index in [1.54, 1.807) is 6.07 Å². The van der Waals surface area contributed by atoms with Gasteiger partial charge in [-0.15, -0.1) is 0 Å². The molecule has 1 atom stereocenters. The molecule has 0 radical (unpaired) electrons. The molecule has 0 amide bonds. The first kappa shape index (κ1) is 14.5. The summed E-state index contributed by atoms with van der Waals surface area (Å²) in [6.07, 6.45) is 3.50. The van der Waals surface area contributed by atoms with Crippen LogP contribution in [0.4, 0.5) is 11.4 Å². The number of anilines is 1. The van der Waals surface area contributed by atoms with E-state index >= 15 is 0 Å². The van der Waals surface area contributed by atoms with Crippen LogP contribution in [0.3, 0.4) is 0 Å². The molecular weight excluding hydrogens is 256 g/mol. The predicted molar refractivity (Wildman–Crippen MR) is 78.3 cm³/mol. The van der Waals surface area contributed by atoms with Crippen molar-refractivity contribution in [2.24, 2.45) is 5.92 Å². The van der Waals surface area contributed by atoms with Crippen LogP contribution < -0.4 is 4.90 Å². The van der Waals surface area contributed by atoms with Crippen LogP contribution in [0, 0.1) is 16.0 Å². The highest BCUT2D eigenvalue weighted by Crippen LogP contribution is 2.30. The molecule has 0 bridgehead atoms. The first-order valence-electron chi connectivity index (χ1n) is 7.07. The Bertz CT molecular complexity index is 528. The number of Topliss-reactive ketones (excluding diaryl/α,β-unsaturated/α-hetero) is 1. The summed E-state index contributed by atoms with van der Waals surface area (Å²) < 4.78 is 0. The fraction of sp³-hybridized carbons (Fsp3) is 0.533. The van der Waals surface area contributed by atoms with Crippen molar-refractivity contribution in [2.75, 3.05) is 18.0 Å². The third kappa shape index (κ3) is 2.98. The second kappa shape index (κ2) is 6.03. The van der Waals surface area contributed by atoms with E-state index in [1.165, 1.54) is 25.8 Å². The minimum atomic E-state index is -0.472. The molecule has 1 saturated heterocycles. The monoisotopic (exact) mass is 276 g/mol. The van der Waals surface area contributed by atoms with Gasteiger partial charge < -0.3 is 4.90 Å². The van der Waals surface area contributed by atoms with Crippen molar-refractivity contribution in [3.05, 3.63) is 33.9 Å². The molecule has 1 unspecified atom stereocenters. The summed E-state index contributed by atoms with van der Waals surface area (Å²) in [5.41, 5.74) is 0.942. The van der Waals surface area contributed by atoms with E-state index in [4.69, 9.17) is 0 Å². The largest absolute Gasteiger partial charge is 0.371 e. The summed E-state index contributed by atoms with van der Waals surface area (Å²) in [4.78, 5) is 24.2. The van der Waals surface area contributed by atoms with Gasteiger partial charge in [0, 0.05) is 24.8 Å². The van der Waals surface area contributed by atoms with Gasteiger partial charge in [0.05, 0.1) is 10.5 Å². The smallest absolute Gasteiger partial charge is 0.282 e. The highest BCUT2D eigenvalue weighted by Gasteiger charge is 2.25. The zero-order valence-electron chi connectivity index (χ0n) is 12.0. The maximum Gasteiger partial charge on any atom is 0.282 e. The van der Waals surface area contributed by atoms with Crippen LogP contribution in [-0.4, -0.2) is 23.8 Å². The number of ketones is 1. The number of nitrogens with zero attached hydrogens (tertiary/aromatic N) is 2. The van der Waals surface area contributed by atoms with E-state index in [-0.39, 0.29) is 17.0 Å². The normalized spacial score (nSPS) is 18.3. The number of nitro groups is 1. The number of benzene rings is 1. The topological polar surface area (TPSA) is 63.5 Å². The Balaban J connectivity index is 2.24. The molecule has 1 aliphatic heterocycles. The zero-order chi connectivity index (χ0) is 14.7. The Labute approximate surface area is 118 Å². The maximum atomic E-state index is 11.4. The first-order chi connectivity index (χ1) is 9.52. The minimum absolute atomic E-state index is 0.0889. The molecule has 5 nitrogen and oxygen atoms in total. The Morgan fingerprint density at radius 1 is 1.50 bits per heavy atom. The second-order valence-electron chi connectivity index (χ2n) is 5.40. The van der Waals surface area contributed by atoms with Crippen molar-refractivity contribution in [2.45, 2.75) is 33.1 Å². The molecule has 0 aliphatic carbocycles. The van der Waals surface area contributed by atoms with E-state index in [2.05, 4.69) is 11.8 Å². The Morgan fingerprint density at radius 3 is 2.85 bits per heavy atom. The lowest BCUT2D eigenvalue weighted by Gasteiger charge is -2.19. The highest BCUT2D eigenvalue weighted by atomic mass is 16.6. The standard InChI is InChI=1S/C15H20N2O3/c1-3-4-12-7-8-16(10-12)13-5-6-14(11(2)18)15(9-13)17(19)20/h5-6,9,12H,3-4,7-8,10H2,1-2H3. The molecule has 20 heavy (non-hydrogen) atoms. The summed E-state index contributed by atoms with van der Waals surface area (Å²) in [7, 11) is 0. The van der Waals surface area contributed by atoms with E-state index < -0.39 is 4.92 Å². The molecule has 1 heterocycles. The lowest BCUT2D eigenvalue weighted by atomic mass is 10.0. The van der Waals surface area contributed by atoms with Gasteiger partial charge in [0.25, 0.3) is 5.69 Å². The van der Waals surface area contributed by atoms with Crippen LogP contribution in [-0.2, 0) is 0 Å². The van der Waals surface area contributed by atoms with Crippen molar-refractivity contribution in [3.63, 3.8) is 0 Å². The van der Waals surface area contributed by atoms with Crippen LogP contribution in [0.1, 0.15) is 43.5 Å². The van der Waals surface area contributed by atoms with E-state index in [0.29, 0.717) is 5.92 Å². The number of carbonyl (C=O) groups is 1. The van der Waals surface area contributed by atoms with Crippen LogP contribution in [0.25, 0.3) is 0 Å². The lowest BCUT2D eigenvalue weighted by molar-refractivity contribution is -0.385. The van der Waals surface area contributed by atoms with Crippen LogP contribution in [0.2, 0.25) is 0 Å². The number of rotatable bonds is 5. The number of carbonyl (C=O) groups excluding carboxylic acids is 1. The molecule has 5 heteroatoms. The molecule has 0 spiro atoms. The van der Waals surface area contributed by atoms with Gasteiger partial charge in [-0.3, -0.25) is 14.9 Å². The summed E-state index contributed by atoms with van der Waals surface area (Å²) in [5, 5.41) is 11.1. The van der Waals surface area contributed by atoms with Gasteiger partial charge in [-0.25, -0.2) is 0 Å². The van der Waals surface area contributed by atoms with Gasteiger partial charge in [-0.05, 0) is 37.8 Å². The molecule has 0 saturated carbocycles. The number of nitro benzene ring substituents is 1. The molecule has 1 aromatic carbocycles. The molecule has 0 N–H and O–H groups in total. The Kier molecular flexibility index (Phi) is 4.37. The van der Waals surface area contributed by atoms with Crippen molar-refractivity contribution in [1.82, 2.24) is 0 Å². The molecule has 0 aromatic heterocycles. The number of hydrogen-bond acceptors (Lipinski definition) is 4. The van der Waals surface area contributed by atoms with Crippen LogP contribution in [0.15, 0.2) is 18.2 Å². The predicted octanol–water partition coefficient (Wildman–Crippen LogP) is 3.42. The van der Waals surface area contributed by atoms with Gasteiger partial charge in [0.1, 0.15) is 0 Å². The van der Waals surface area contributed by atoms with Crippen LogP contribution in [0.5, 0.6) is 0 Å². The van der Waals surface area contributed by atoms with Gasteiger partial charge in [-0.2, -0.15) is 0 Å². The average molecular weight is 276 g/mol. The van der Waals surface area contributed by atoms with Gasteiger partial charge in [0.15, 0.2) is 5.78 Å². The maximum absolute atomic E-state index is 11.4. The van der Waals surface area contributed by atoms with Crippen LogP contribution >= 0.6 is 0 Å². The molecule has 2 rings (SSSR count). The molecule has 1 fully saturated rings. The minimum Gasteiger partial charge on any atom is -0.371 e. The van der Waals surface area contributed by atoms with Gasteiger partial charge in [-0.1, -0.05) is 13.3 Å². The zero-order valence-corrected chi connectivity index (χ0v) is 12.0. The second-order valence-corrected chi connectivity index (χ2v) is 5.40. The van der Waals surface area contributed by atoms with E-state index in [0.717, 1.165) is 25.2 Å². The third-order valence-corrected chi connectivity index (χ3v) is 3.91. The summed E-state index contributed by atoms with van der Waals surface area (Å²) in [6, 6.07) is 4.92. The van der Waals surface area contributed by atoms with E-state index in [1.807, 2.05) is 6.07 Å². The van der Waals surface area contributed by atoms with Crippen molar-refractivity contribution >= 4 is 17.2 Å². The molecule has 108 valence electrons. The van der Waals surface area contributed by atoms with Gasteiger partial charge in [0.2, 0.25) is 0 Å². The SMILES string of the molecule is CCCC1CCN(c2ccc(C(C)=O)c([N+](=O)[O-])c2)C1. The molecular formula is C15H20N2O3. The quantitative estimate of drug-likeness (QED) is 0.469. The van der Waals surface area contributed by atoms with Crippen molar-refractivity contribution in [3.8, 4) is 0 Å². The van der Waals surface area contributed by atoms with Crippen molar-refractivity contribution < 1.29 is 9.72 Å². The number of hydrogen-bond donors (Lipinski definition) is 0. The van der Waals surface area contributed by atoms with Crippen molar-refractivity contribution in [1.29, 1.82) is 0 Å². The Hall–Kier alpha value is -1.91. The molecule has 1 aliphatic rings. The third-order valence-electron chi connectivity index (χ3n) is 3.91.